The van der Waals surface area contributed by atoms with E-state index in [0.717, 1.165) is 25.9 Å². The summed E-state index contributed by atoms with van der Waals surface area (Å²) in [5.41, 5.74) is -0.434. The summed E-state index contributed by atoms with van der Waals surface area (Å²) in [5.74, 6) is -0.0999. The molecule has 1 N–H and O–H groups in total. The number of piperidine rings is 1. The number of carbonyl (C=O) groups excluding carboxylic acids is 2. The molecule has 1 heterocycles. The average molecular weight is 256 g/mol. The summed E-state index contributed by atoms with van der Waals surface area (Å²) in [6.45, 7) is 8.93. The fourth-order valence-electron chi connectivity index (χ4n) is 2.00. The highest BCUT2D eigenvalue weighted by Crippen LogP contribution is 2.11. The van der Waals surface area contributed by atoms with Crippen LogP contribution in [0, 0.1) is 0 Å². The van der Waals surface area contributed by atoms with Crippen molar-refractivity contribution < 1.29 is 14.3 Å². The highest BCUT2D eigenvalue weighted by Gasteiger charge is 2.22. The average Bonchev–Trinajstić information content (AvgIpc) is 2.24. The van der Waals surface area contributed by atoms with Crippen LogP contribution in [0.15, 0.2) is 0 Å². The number of carbonyl (C=O) groups is 2. The smallest absolute Gasteiger partial charge is 0.320 e. The number of hydrogen-bond acceptors (Lipinski definition) is 4. The standard InChI is InChI=1S/C13H24N2O3/c1-10(16)15-7-5-11(6-8-15)14-9-12(17)18-13(2,3)4/h11,14H,5-9H2,1-4H3. The minimum Gasteiger partial charge on any atom is -0.459 e. The number of nitrogens with one attached hydrogen (secondary N) is 1. The van der Waals surface area contributed by atoms with Crippen LogP contribution in [0.5, 0.6) is 0 Å². The molecular weight excluding hydrogens is 232 g/mol. The zero-order valence-corrected chi connectivity index (χ0v) is 11.8. The van der Waals surface area contributed by atoms with Gasteiger partial charge in [0.2, 0.25) is 5.91 Å². The van der Waals surface area contributed by atoms with Gasteiger partial charge >= 0.3 is 5.97 Å². The third-order valence-corrected chi connectivity index (χ3v) is 2.90. The third-order valence-electron chi connectivity index (χ3n) is 2.90. The molecule has 0 atom stereocenters. The maximum absolute atomic E-state index is 11.5. The van der Waals surface area contributed by atoms with Crippen LogP contribution in [0.4, 0.5) is 0 Å². The Morgan fingerprint density at radius 1 is 1.28 bits per heavy atom. The first-order valence-electron chi connectivity index (χ1n) is 6.48. The van der Waals surface area contributed by atoms with Crippen LogP contribution in [-0.2, 0) is 14.3 Å². The predicted molar refractivity (Wildman–Crippen MR) is 69.1 cm³/mol. The van der Waals surface area contributed by atoms with Crippen molar-refractivity contribution in [2.24, 2.45) is 0 Å². The highest BCUT2D eigenvalue weighted by molar-refractivity contribution is 5.73. The molecule has 18 heavy (non-hydrogen) atoms. The van der Waals surface area contributed by atoms with Gasteiger partial charge in [-0.3, -0.25) is 9.59 Å². The van der Waals surface area contributed by atoms with Crippen LogP contribution >= 0.6 is 0 Å². The van der Waals surface area contributed by atoms with Crippen molar-refractivity contribution in [2.75, 3.05) is 19.6 Å². The molecule has 5 heteroatoms. The van der Waals surface area contributed by atoms with Crippen molar-refractivity contribution >= 4 is 11.9 Å². The molecule has 1 rings (SSSR count). The Bertz CT molecular complexity index is 302. The fourth-order valence-corrected chi connectivity index (χ4v) is 2.00. The second kappa shape index (κ2) is 6.18. The SMILES string of the molecule is CC(=O)N1CCC(NCC(=O)OC(C)(C)C)CC1. The minimum atomic E-state index is -0.434. The molecule has 0 spiro atoms. The summed E-state index contributed by atoms with van der Waals surface area (Å²) in [6.07, 6.45) is 1.78. The minimum absolute atomic E-state index is 0.126. The molecule has 104 valence electrons. The Labute approximate surface area is 109 Å². The lowest BCUT2D eigenvalue weighted by Crippen LogP contribution is -2.46. The first kappa shape index (κ1) is 15.0. The maximum atomic E-state index is 11.5. The van der Waals surface area contributed by atoms with E-state index in [2.05, 4.69) is 5.32 Å². The second-order valence-corrected chi connectivity index (χ2v) is 5.75. The van der Waals surface area contributed by atoms with Gasteiger partial charge in [-0.1, -0.05) is 0 Å². The summed E-state index contributed by atoms with van der Waals surface area (Å²) in [7, 11) is 0. The van der Waals surface area contributed by atoms with Gasteiger partial charge in [0.05, 0.1) is 6.54 Å². The largest absolute Gasteiger partial charge is 0.459 e. The van der Waals surface area contributed by atoms with Crippen molar-refractivity contribution in [3.63, 3.8) is 0 Å². The number of esters is 1. The summed E-state index contributed by atoms with van der Waals surface area (Å²) >= 11 is 0. The van der Waals surface area contributed by atoms with E-state index in [9.17, 15) is 9.59 Å². The number of ether oxygens (including phenoxy) is 1. The van der Waals surface area contributed by atoms with Crippen LogP contribution in [0.1, 0.15) is 40.5 Å². The van der Waals surface area contributed by atoms with Crippen molar-refractivity contribution in [1.82, 2.24) is 10.2 Å². The fraction of sp³-hybridized carbons (Fsp3) is 0.846. The van der Waals surface area contributed by atoms with Gasteiger partial charge in [0.25, 0.3) is 0 Å². The van der Waals surface area contributed by atoms with Gasteiger partial charge in [-0.25, -0.2) is 0 Å². The summed E-state index contributed by atoms with van der Waals surface area (Å²) < 4.78 is 5.22. The molecule has 0 saturated carbocycles. The van der Waals surface area contributed by atoms with Crippen molar-refractivity contribution in [3.05, 3.63) is 0 Å². The van der Waals surface area contributed by atoms with Crippen LogP contribution < -0.4 is 5.32 Å². The Kier molecular flexibility index (Phi) is 5.14. The van der Waals surface area contributed by atoms with Crippen LogP contribution in [-0.4, -0.2) is 48.1 Å². The summed E-state index contributed by atoms with van der Waals surface area (Å²) in [5, 5.41) is 3.19. The number of rotatable bonds is 3. The lowest BCUT2D eigenvalue weighted by molar-refractivity contribution is -0.154. The van der Waals surface area contributed by atoms with Crippen LogP contribution in [0.3, 0.4) is 0 Å². The molecule has 0 aromatic heterocycles. The summed E-state index contributed by atoms with van der Waals surface area (Å²) in [6, 6.07) is 0.299. The predicted octanol–water partition coefficient (Wildman–Crippen LogP) is 0.929. The zero-order chi connectivity index (χ0) is 13.8. The molecule has 0 bridgehead atoms. The van der Waals surface area contributed by atoms with Crippen molar-refractivity contribution in [3.8, 4) is 0 Å². The van der Waals surface area contributed by atoms with E-state index < -0.39 is 5.60 Å². The lowest BCUT2D eigenvalue weighted by Gasteiger charge is -2.31. The van der Waals surface area contributed by atoms with E-state index in [-0.39, 0.29) is 18.4 Å². The first-order valence-corrected chi connectivity index (χ1v) is 6.48. The molecule has 1 saturated heterocycles. The third kappa shape index (κ3) is 5.49. The number of hydrogen-bond donors (Lipinski definition) is 1. The van der Waals surface area contributed by atoms with Gasteiger partial charge in [-0.05, 0) is 33.6 Å². The summed E-state index contributed by atoms with van der Waals surface area (Å²) in [4.78, 5) is 24.5. The van der Waals surface area contributed by atoms with Crippen molar-refractivity contribution in [2.45, 2.75) is 52.2 Å². The molecular formula is C13H24N2O3. The number of amides is 1. The Morgan fingerprint density at radius 3 is 2.28 bits per heavy atom. The molecule has 1 fully saturated rings. The van der Waals surface area contributed by atoms with E-state index in [1.165, 1.54) is 0 Å². The van der Waals surface area contributed by atoms with E-state index >= 15 is 0 Å². The number of nitrogens with zero attached hydrogens (tertiary/aromatic N) is 1. The van der Waals surface area contributed by atoms with Gasteiger partial charge in [-0.2, -0.15) is 0 Å². The van der Waals surface area contributed by atoms with Crippen LogP contribution in [0.2, 0.25) is 0 Å². The quantitative estimate of drug-likeness (QED) is 0.763. The topological polar surface area (TPSA) is 58.6 Å². The van der Waals surface area contributed by atoms with Gasteiger partial charge in [-0.15, -0.1) is 0 Å². The van der Waals surface area contributed by atoms with E-state index in [1.807, 2.05) is 25.7 Å². The highest BCUT2D eigenvalue weighted by atomic mass is 16.6. The van der Waals surface area contributed by atoms with Gasteiger partial charge in [0.15, 0.2) is 0 Å². The molecule has 0 aromatic rings. The second-order valence-electron chi connectivity index (χ2n) is 5.75. The molecule has 1 aliphatic rings. The van der Waals surface area contributed by atoms with E-state index in [4.69, 9.17) is 4.74 Å². The zero-order valence-electron chi connectivity index (χ0n) is 11.8. The molecule has 1 amide bonds. The number of likely N-dealkylation sites (tertiary alicyclic amines) is 1. The lowest BCUT2D eigenvalue weighted by atomic mass is 10.1. The molecule has 0 aliphatic carbocycles. The molecule has 0 radical (unpaired) electrons. The normalized spacial score (nSPS) is 17.7. The first-order chi connectivity index (χ1) is 8.28. The van der Waals surface area contributed by atoms with E-state index in [1.54, 1.807) is 6.92 Å². The van der Waals surface area contributed by atoms with Crippen LogP contribution in [0.25, 0.3) is 0 Å². The van der Waals surface area contributed by atoms with Gasteiger partial charge in [0, 0.05) is 26.1 Å². The Balaban J connectivity index is 2.22. The molecule has 0 aromatic carbocycles. The van der Waals surface area contributed by atoms with Crippen molar-refractivity contribution in [1.29, 1.82) is 0 Å². The molecule has 5 nitrogen and oxygen atoms in total. The Hall–Kier alpha value is -1.10. The Morgan fingerprint density at radius 2 is 1.83 bits per heavy atom. The monoisotopic (exact) mass is 256 g/mol. The maximum Gasteiger partial charge on any atom is 0.320 e. The van der Waals surface area contributed by atoms with Gasteiger partial charge in [0.1, 0.15) is 5.60 Å². The van der Waals surface area contributed by atoms with E-state index in [0.29, 0.717) is 6.04 Å². The molecule has 0 unspecified atom stereocenters. The van der Waals surface area contributed by atoms with Gasteiger partial charge < -0.3 is 15.0 Å². The molecule has 1 aliphatic heterocycles.